The summed E-state index contributed by atoms with van der Waals surface area (Å²) < 4.78 is 10.7. The molecule has 2 aromatic carbocycles. The van der Waals surface area contributed by atoms with Crippen LogP contribution in [0.5, 0.6) is 5.75 Å². The van der Waals surface area contributed by atoms with Crippen molar-refractivity contribution in [2.45, 2.75) is 12.5 Å². The standard InChI is InChI=1S/C27H28N2O5S/c1-33-21-8-7-18-16-20(6-5-19(18)17-21)25(30)23-24(22-4-2-15-35-22)29(27(32)26(23)31)10-3-9-28-11-13-34-14-12-28/h2,4-8,15-17,24,30H,3,9-14H2,1H3/b25-23+. The molecule has 2 aliphatic rings. The van der Waals surface area contributed by atoms with Crippen molar-refractivity contribution in [1.82, 2.24) is 9.80 Å². The lowest BCUT2D eigenvalue weighted by molar-refractivity contribution is -0.140. The summed E-state index contributed by atoms with van der Waals surface area (Å²) in [6.45, 7) is 4.47. The van der Waals surface area contributed by atoms with Crippen LogP contribution >= 0.6 is 11.3 Å². The average Bonchev–Trinajstić information content (AvgIpc) is 3.51. The average molecular weight is 493 g/mol. The maximum atomic E-state index is 13.2. The highest BCUT2D eigenvalue weighted by Crippen LogP contribution is 2.41. The largest absolute Gasteiger partial charge is 0.507 e. The van der Waals surface area contributed by atoms with Gasteiger partial charge in [-0.05, 0) is 46.8 Å². The molecule has 1 aromatic heterocycles. The Morgan fingerprint density at radius 3 is 2.60 bits per heavy atom. The van der Waals surface area contributed by atoms with Gasteiger partial charge >= 0.3 is 0 Å². The Bertz CT molecular complexity index is 1260. The van der Waals surface area contributed by atoms with E-state index in [-0.39, 0.29) is 11.3 Å². The van der Waals surface area contributed by atoms with Gasteiger partial charge in [0.25, 0.3) is 11.7 Å². The van der Waals surface area contributed by atoms with Crippen LogP contribution in [0.15, 0.2) is 59.5 Å². The van der Waals surface area contributed by atoms with E-state index in [4.69, 9.17) is 9.47 Å². The van der Waals surface area contributed by atoms with Crippen LogP contribution in [-0.4, -0.2) is 73.1 Å². The third kappa shape index (κ3) is 4.69. The van der Waals surface area contributed by atoms with Gasteiger partial charge in [0.05, 0.1) is 31.9 Å². The van der Waals surface area contributed by atoms with Crippen LogP contribution in [0.2, 0.25) is 0 Å². The number of aliphatic hydroxyl groups is 1. The predicted molar refractivity (Wildman–Crippen MR) is 136 cm³/mol. The van der Waals surface area contributed by atoms with Crippen molar-refractivity contribution in [3.8, 4) is 5.75 Å². The molecule has 0 aliphatic carbocycles. The number of fused-ring (bicyclic) bond motifs is 1. The van der Waals surface area contributed by atoms with Crippen LogP contribution < -0.4 is 4.74 Å². The first-order valence-electron chi connectivity index (χ1n) is 11.8. The number of likely N-dealkylation sites (tertiary alicyclic amines) is 1. The number of carbonyl (C=O) groups is 2. The smallest absolute Gasteiger partial charge is 0.295 e. The zero-order valence-corrected chi connectivity index (χ0v) is 20.4. The van der Waals surface area contributed by atoms with Gasteiger partial charge < -0.3 is 19.5 Å². The first kappa shape index (κ1) is 23.5. The highest BCUT2D eigenvalue weighted by Gasteiger charge is 2.46. The zero-order valence-electron chi connectivity index (χ0n) is 19.6. The fraction of sp³-hybridized carbons (Fsp3) is 0.333. The van der Waals surface area contributed by atoms with Gasteiger partial charge in [-0.25, -0.2) is 0 Å². The van der Waals surface area contributed by atoms with Crippen molar-refractivity contribution in [3.63, 3.8) is 0 Å². The van der Waals surface area contributed by atoms with E-state index in [1.54, 1.807) is 18.1 Å². The van der Waals surface area contributed by atoms with Gasteiger partial charge in [-0.15, -0.1) is 11.3 Å². The summed E-state index contributed by atoms with van der Waals surface area (Å²) in [6.07, 6.45) is 0.743. The Hall–Kier alpha value is -3.20. The van der Waals surface area contributed by atoms with Gasteiger partial charge in [-0.2, -0.15) is 0 Å². The number of hydrogen-bond donors (Lipinski definition) is 1. The fourth-order valence-electron chi connectivity index (χ4n) is 4.80. The molecule has 3 aromatic rings. The molecule has 35 heavy (non-hydrogen) atoms. The third-order valence-electron chi connectivity index (χ3n) is 6.65. The minimum Gasteiger partial charge on any atom is -0.507 e. The number of carbonyl (C=O) groups excluding carboxylic acids is 2. The summed E-state index contributed by atoms with van der Waals surface area (Å²) in [5, 5.41) is 15.1. The maximum absolute atomic E-state index is 13.2. The molecule has 182 valence electrons. The quantitative estimate of drug-likeness (QED) is 0.305. The maximum Gasteiger partial charge on any atom is 0.295 e. The van der Waals surface area contributed by atoms with Crippen LogP contribution in [0.1, 0.15) is 22.9 Å². The summed E-state index contributed by atoms with van der Waals surface area (Å²) in [6, 6.07) is 14.4. The number of hydrogen-bond acceptors (Lipinski definition) is 7. The normalized spacial score (nSPS) is 20.6. The summed E-state index contributed by atoms with van der Waals surface area (Å²) in [4.78, 5) is 31.1. The molecule has 7 nitrogen and oxygen atoms in total. The molecular weight excluding hydrogens is 464 g/mol. The van der Waals surface area contributed by atoms with E-state index in [9.17, 15) is 14.7 Å². The van der Waals surface area contributed by atoms with Crippen LogP contribution in [0.25, 0.3) is 16.5 Å². The second-order valence-corrected chi connectivity index (χ2v) is 9.72. The number of methoxy groups -OCH3 is 1. The summed E-state index contributed by atoms with van der Waals surface area (Å²) in [7, 11) is 1.62. The number of amides is 1. The molecule has 2 aliphatic heterocycles. The minimum absolute atomic E-state index is 0.143. The molecule has 1 amide bonds. The number of rotatable bonds is 7. The van der Waals surface area contributed by atoms with Crippen LogP contribution in [0.3, 0.4) is 0 Å². The Labute approximate surface area is 208 Å². The van der Waals surface area contributed by atoms with E-state index in [1.807, 2.05) is 47.8 Å². The molecule has 0 bridgehead atoms. The highest BCUT2D eigenvalue weighted by molar-refractivity contribution is 7.10. The van der Waals surface area contributed by atoms with E-state index < -0.39 is 17.7 Å². The van der Waals surface area contributed by atoms with E-state index in [2.05, 4.69) is 4.90 Å². The Balaban J connectivity index is 1.47. The van der Waals surface area contributed by atoms with Gasteiger partial charge in [0.1, 0.15) is 11.5 Å². The topological polar surface area (TPSA) is 79.3 Å². The predicted octanol–water partition coefficient (Wildman–Crippen LogP) is 4.05. The molecule has 8 heteroatoms. The minimum atomic E-state index is -0.637. The monoisotopic (exact) mass is 492 g/mol. The number of ketones is 1. The number of Topliss-reactive ketones (excluding diaryl/α,β-unsaturated/α-hetero) is 1. The molecule has 0 spiro atoms. The van der Waals surface area contributed by atoms with Crippen molar-refractivity contribution < 1.29 is 24.2 Å². The van der Waals surface area contributed by atoms with Crippen molar-refractivity contribution in [1.29, 1.82) is 0 Å². The third-order valence-corrected chi connectivity index (χ3v) is 7.58. The van der Waals surface area contributed by atoms with Crippen LogP contribution in [0.4, 0.5) is 0 Å². The highest BCUT2D eigenvalue weighted by atomic mass is 32.1. The molecule has 5 rings (SSSR count). The van der Waals surface area contributed by atoms with Gasteiger partial charge in [-0.3, -0.25) is 14.5 Å². The van der Waals surface area contributed by atoms with E-state index in [1.165, 1.54) is 11.3 Å². The van der Waals surface area contributed by atoms with E-state index in [0.717, 1.165) is 60.7 Å². The molecule has 0 radical (unpaired) electrons. The molecule has 1 unspecified atom stereocenters. The van der Waals surface area contributed by atoms with Crippen LogP contribution in [-0.2, 0) is 14.3 Å². The zero-order chi connectivity index (χ0) is 24.4. The van der Waals surface area contributed by atoms with Crippen molar-refractivity contribution in [2.24, 2.45) is 0 Å². The van der Waals surface area contributed by atoms with E-state index in [0.29, 0.717) is 12.1 Å². The van der Waals surface area contributed by atoms with Gasteiger partial charge in [0.15, 0.2) is 0 Å². The van der Waals surface area contributed by atoms with Crippen molar-refractivity contribution in [3.05, 3.63) is 69.9 Å². The molecule has 1 N–H and O–H groups in total. The molecular formula is C27H28N2O5S. The second kappa shape index (κ2) is 10.2. The molecule has 3 heterocycles. The lowest BCUT2D eigenvalue weighted by atomic mass is 9.98. The number of benzene rings is 2. The number of morpholine rings is 1. The Morgan fingerprint density at radius 2 is 1.86 bits per heavy atom. The fourth-order valence-corrected chi connectivity index (χ4v) is 5.64. The van der Waals surface area contributed by atoms with Gasteiger partial charge in [0, 0.05) is 36.6 Å². The summed E-state index contributed by atoms with van der Waals surface area (Å²) in [5.74, 6) is -0.593. The SMILES string of the molecule is COc1ccc2cc(/C(O)=C3\C(=O)C(=O)N(CCCN4CCOCC4)C3c3cccs3)ccc2c1. The van der Waals surface area contributed by atoms with E-state index >= 15 is 0 Å². The van der Waals surface area contributed by atoms with Gasteiger partial charge in [0.2, 0.25) is 0 Å². The summed E-state index contributed by atoms with van der Waals surface area (Å²) in [5.41, 5.74) is 0.659. The first-order chi connectivity index (χ1) is 17.1. The molecule has 2 fully saturated rings. The van der Waals surface area contributed by atoms with Gasteiger partial charge in [-0.1, -0.05) is 24.3 Å². The van der Waals surface area contributed by atoms with Crippen LogP contribution in [0, 0.1) is 0 Å². The molecule has 0 saturated carbocycles. The number of thiophene rings is 1. The van der Waals surface area contributed by atoms with Crippen molar-refractivity contribution in [2.75, 3.05) is 46.5 Å². The number of ether oxygens (including phenoxy) is 2. The molecule has 1 atom stereocenters. The number of aliphatic hydroxyl groups excluding tert-OH is 1. The summed E-state index contributed by atoms with van der Waals surface area (Å²) >= 11 is 1.48. The lowest BCUT2D eigenvalue weighted by Crippen LogP contribution is -2.38. The Morgan fingerprint density at radius 1 is 1.09 bits per heavy atom. The molecule has 2 saturated heterocycles. The first-order valence-corrected chi connectivity index (χ1v) is 12.6. The lowest BCUT2D eigenvalue weighted by Gasteiger charge is -2.28. The van der Waals surface area contributed by atoms with Crippen molar-refractivity contribution >= 4 is 39.6 Å². The Kier molecular flexibility index (Phi) is 6.86. The number of nitrogens with zero attached hydrogens (tertiary/aromatic N) is 2. The second-order valence-electron chi connectivity index (χ2n) is 8.74.